The number of carboxylic acid groups (broad SMARTS) is 1. The summed E-state index contributed by atoms with van der Waals surface area (Å²) >= 11 is 0. The Balaban J connectivity index is 2.01. The Kier molecular flexibility index (Phi) is 4.76. The predicted molar refractivity (Wildman–Crippen MR) is 77.9 cm³/mol. The number of nitrogens with zero attached hydrogens (tertiary/aromatic N) is 1. The number of urea groups is 1. The van der Waals surface area contributed by atoms with Gasteiger partial charge >= 0.3 is 12.0 Å². The van der Waals surface area contributed by atoms with E-state index >= 15 is 0 Å². The van der Waals surface area contributed by atoms with Crippen LogP contribution in [-0.2, 0) is 4.79 Å². The van der Waals surface area contributed by atoms with Crippen LogP contribution in [0.1, 0.15) is 46.0 Å². The van der Waals surface area contributed by atoms with Gasteiger partial charge in [-0.2, -0.15) is 0 Å². The summed E-state index contributed by atoms with van der Waals surface area (Å²) in [5.41, 5.74) is -1.13. The molecule has 0 aromatic heterocycles. The molecule has 0 radical (unpaired) electrons. The van der Waals surface area contributed by atoms with Crippen molar-refractivity contribution in [3.05, 3.63) is 0 Å². The zero-order chi connectivity index (χ0) is 15.6. The van der Waals surface area contributed by atoms with Gasteiger partial charge in [-0.1, -0.05) is 19.8 Å². The van der Waals surface area contributed by atoms with Gasteiger partial charge in [-0.05, 0) is 32.1 Å². The number of aliphatic hydroxyl groups is 1. The van der Waals surface area contributed by atoms with E-state index in [1.807, 2.05) is 6.92 Å². The lowest BCUT2D eigenvalue weighted by molar-refractivity contribution is -0.146. The summed E-state index contributed by atoms with van der Waals surface area (Å²) in [6.07, 6.45) is 3.14. The first-order chi connectivity index (χ1) is 9.84. The highest BCUT2D eigenvalue weighted by atomic mass is 16.4. The van der Waals surface area contributed by atoms with E-state index in [-0.39, 0.29) is 11.9 Å². The molecule has 2 fully saturated rings. The molecule has 4 unspecified atom stereocenters. The molecule has 1 aliphatic carbocycles. The molecule has 21 heavy (non-hydrogen) atoms. The Labute approximate surface area is 125 Å². The maximum Gasteiger partial charge on any atom is 0.329 e. The van der Waals surface area contributed by atoms with Crippen LogP contribution in [0.5, 0.6) is 0 Å². The minimum absolute atomic E-state index is 0.0850. The van der Waals surface area contributed by atoms with Crippen molar-refractivity contribution in [1.29, 1.82) is 0 Å². The van der Waals surface area contributed by atoms with Gasteiger partial charge in [0.15, 0.2) is 0 Å². The molecule has 1 heterocycles. The van der Waals surface area contributed by atoms with Crippen LogP contribution in [0.15, 0.2) is 0 Å². The van der Waals surface area contributed by atoms with Crippen molar-refractivity contribution in [2.45, 2.75) is 57.6 Å². The van der Waals surface area contributed by atoms with Gasteiger partial charge in [0.1, 0.15) is 5.54 Å². The van der Waals surface area contributed by atoms with Gasteiger partial charge in [0.25, 0.3) is 0 Å². The molecule has 2 rings (SSSR count). The molecule has 6 nitrogen and oxygen atoms in total. The first-order valence-electron chi connectivity index (χ1n) is 7.82. The Bertz CT molecular complexity index is 412. The fraction of sp³-hybridized carbons (Fsp3) is 0.867. The Morgan fingerprint density at radius 2 is 2.10 bits per heavy atom. The van der Waals surface area contributed by atoms with Gasteiger partial charge in [0.2, 0.25) is 0 Å². The number of hydrogen-bond acceptors (Lipinski definition) is 3. The molecule has 0 bridgehead atoms. The van der Waals surface area contributed by atoms with Crippen molar-refractivity contribution in [2.24, 2.45) is 11.8 Å². The van der Waals surface area contributed by atoms with Crippen LogP contribution in [0.3, 0.4) is 0 Å². The van der Waals surface area contributed by atoms with Crippen molar-refractivity contribution in [3.8, 4) is 0 Å². The molecule has 0 aromatic carbocycles. The van der Waals surface area contributed by atoms with Gasteiger partial charge in [-0.25, -0.2) is 9.59 Å². The van der Waals surface area contributed by atoms with Crippen LogP contribution in [0.25, 0.3) is 0 Å². The lowest BCUT2D eigenvalue weighted by atomic mass is 9.76. The lowest BCUT2D eigenvalue weighted by Crippen LogP contribution is -2.59. The number of rotatable bonds is 3. The molecule has 1 saturated heterocycles. The maximum absolute atomic E-state index is 12.4. The highest BCUT2D eigenvalue weighted by molar-refractivity contribution is 5.86. The number of nitrogens with one attached hydrogen (secondary N) is 1. The second-order valence-corrected chi connectivity index (χ2v) is 6.75. The molecule has 1 saturated carbocycles. The van der Waals surface area contributed by atoms with E-state index in [1.165, 1.54) is 0 Å². The van der Waals surface area contributed by atoms with Crippen LogP contribution in [0.4, 0.5) is 4.79 Å². The molecule has 3 N–H and O–H groups in total. The van der Waals surface area contributed by atoms with Crippen LogP contribution >= 0.6 is 0 Å². The summed E-state index contributed by atoms with van der Waals surface area (Å²) in [5.74, 6) is -0.547. The molecular formula is C15H26N2O4. The van der Waals surface area contributed by atoms with Gasteiger partial charge in [0, 0.05) is 19.0 Å². The highest BCUT2D eigenvalue weighted by Crippen LogP contribution is 2.33. The van der Waals surface area contributed by atoms with Crippen molar-refractivity contribution in [3.63, 3.8) is 0 Å². The van der Waals surface area contributed by atoms with Crippen LogP contribution in [-0.4, -0.2) is 51.8 Å². The van der Waals surface area contributed by atoms with E-state index in [0.717, 1.165) is 19.3 Å². The van der Waals surface area contributed by atoms with E-state index in [0.29, 0.717) is 31.8 Å². The zero-order valence-electron chi connectivity index (χ0n) is 12.8. The lowest BCUT2D eigenvalue weighted by Gasteiger charge is -2.38. The highest BCUT2D eigenvalue weighted by Gasteiger charge is 2.44. The van der Waals surface area contributed by atoms with E-state index in [4.69, 9.17) is 0 Å². The average Bonchev–Trinajstić information content (AvgIpc) is 2.88. The predicted octanol–water partition coefficient (Wildman–Crippen LogP) is 1.43. The van der Waals surface area contributed by atoms with Gasteiger partial charge in [-0.15, -0.1) is 0 Å². The molecule has 120 valence electrons. The SMILES string of the molecule is CC1CCCC(NC(=O)N2CCC(C(C)O)C2)(C(=O)O)C1. The van der Waals surface area contributed by atoms with Gasteiger partial charge in [-0.3, -0.25) is 0 Å². The number of aliphatic carboxylic acids is 1. The maximum atomic E-state index is 12.4. The Morgan fingerprint density at radius 1 is 1.38 bits per heavy atom. The first kappa shape index (κ1) is 16.1. The van der Waals surface area contributed by atoms with Crippen molar-refractivity contribution in [2.75, 3.05) is 13.1 Å². The number of carbonyl (C=O) groups excluding carboxylic acids is 1. The van der Waals surface area contributed by atoms with Crippen LogP contribution in [0, 0.1) is 11.8 Å². The summed E-state index contributed by atoms with van der Waals surface area (Å²) in [6.45, 7) is 4.83. The summed E-state index contributed by atoms with van der Waals surface area (Å²) in [4.78, 5) is 25.7. The normalized spacial score (nSPS) is 34.5. The standard InChI is InChI=1S/C15H26N2O4/c1-10-4-3-6-15(8-10,13(19)20)16-14(21)17-7-5-12(9-17)11(2)18/h10-12,18H,3-9H2,1-2H3,(H,16,21)(H,19,20). The molecule has 1 aliphatic heterocycles. The van der Waals surface area contributed by atoms with Crippen molar-refractivity contribution in [1.82, 2.24) is 10.2 Å². The molecule has 6 heteroatoms. The minimum Gasteiger partial charge on any atom is -0.480 e. The Hall–Kier alpha value is -1.30. The molecule has 2 aliphatic rings. The molecule has 4 atom stereocenters. The second-order valence-electron chi connectivity index (χ2n) is 6.75. The second kappa shape index (κ2) is 6.22. The third kappa shape index (κ3) is 3.48. The summed E-state index contributed by atoms with van der Waals surface area (Å²) in [5, 5.41) is 21.9. The summed E-state index contributed by atoms with van der Waals surface area (Å²) < 4.78 is 0. The first-order valence-corrected chi connectivity index (χ1v) is 7.82. The van der Waals surface area contributed by atoms with Gasteiger partial charge in [0.05, 0.1) is 6.10 Å². The largest absolute Gasteiger partial charge is 0.480 e. The summed E-state index contributed by atoms with van der Waals surface area (Å²) in [7, 11) is 0. The van der Waals surface area contributed by atoms with E-state index in [1.54, 1.807) is 11.8 Å². The fourth-order valence-corrected chi connectivity index (χ4v) is 3.56. The van der Waals surface area contributed by atoms with E-state index in [2.05, 4.69) is 5.32 Å². The van der Waals surface area contributed by atoms with E-state index < -0.39 is 17.6 Å². The number of amides is 2. The monoisotopic (exact) mass is 298 g/mol. The topological polar surface area (TPSA) is 89.9 Å². The minimum atomic E-state index is -1.13. The number of carboxylic acids is 1. The average molecular weight is 298 g/mol. The third-order valence-corrected chi connectivity index (χ3v) is 4.95. The number of likely N-dealkylation sites (tertiary alicyclic amines) is 1. The zero-order valence-corrected chi connectivity index (χ0v) is 12.8. The molecule has 2 amide bonds. The smallest absolute Gasteiger partial charge is 0.329 e. The third-order valence-electron chi connectivity index (χ3n) is 4.95. The van der Waals surface area contributed by atoms with Crippen LogP contribution < -0.4 is 5.32 Å². The summed E-state index contributed by atoms with van der Waals surface area (Å²) in [6, 6.07) is -0.311. The van der Waals surface area contributed by atoms with E-state index in [9.17, 15) is 19.8 Å². The van der Waals surface area contributed by atoms with Crippen molar-refractivity contribution < 1.29 is 19.8 Å². The molecule has 0 spiro atoms. The number of hydrogen-bond donors (Lipinski definition) is 3. The van der Waals surface area contributed by atoms with Crippen molar-refractivity contribution >= 4 is 12.0 Å². The number of aliphatic hydroxyl groups excluding tert-OH is 1. The van der Waals surface area contributed by atoms with Gasteiger partial charge < -0.3 is 20.4 Å². The Morgan fingerprint density at radius 3 is 2.62 bits per heavy atom. The fourth-order valence-electron chi connectivity index (χ4n) is 3.56. The molecular weight excluding hydrogens is 272 g/mol. The number of carbonyl (C=O) groups is 2. The van der Waals surface area contributed by atoms with Crippen LogP contribution in [0.2, 0.25) is 0 Å². The quantitative estimate of drug-likeness (QED) is 0.735. The molecule has 0 aromatic rings.